The van der Waals surface area contributed by atoms with Crippen LogP contribution in [0.5, 0.6) is 0 Å². The lowest BCUT2D eigenvalue weighted by atomic mass is 10.0. The monoisotopic (exact) mass is 863 g/mol. The molecular formula is C57H98O5. The maximum atomic E-state index is 12.8. The number of allylic oxidation sites excluding steroid dienone is 13. The van der Waals surface area contributed by atoms with Crippen molar-refractivity contribution in [3.05, 3.63) is 85.1 Å². The van der Waals surface area contributed by atoms with E-state index in [4.69, 9.17) is 14.2 Å². The van der Waals surface area contributed by atoms with Gasteiger partial charge in [0.05, 0.1) is 13.0 Å². The van der Waals surface area contributed by atoms with Crippen molar-refractivity contribution in [2.75, 3.05) is 19.8 Å². The Bertz CT molecular complexity index is 1160. The summed E-state index contributed by atoms with van der Waals surface area (Å²) in [7, 11) is 0. The first-order valence-corrected chi connectivity index (χ1v) is 26.1. The van der Waals surface area contributed by atoms with Gasteiger partial charge in [0.25, 0.3) is 0 Å². The smallest absolute Gasteiger partial charge is 0.309 e. The third kappa shape index (κ3) is 49.7. The highest BCUT2D eigenvalue weighted by atomic mass is 16.6. The summed E-state index contributed by atoms with van der Waals surface area (Å²) in [4.78, 5) is 25.3. The molecule has 0 saturated carbocycles. The van der Waals surface area contributed by atoms with Gasteiger partial charge in [-0.3, -0.25) is 9.59 Å². The molecule has 0 aromatic heterocycles. The number of hydrogen-bond acceptors (Lipinski definition) is 5. The second-order valence-electron chi connectivity index (χ2n) is 17.1. The molecular weight excluding hydrogens is 765 g/mol. The average molecular weight is 863 g/mol. The molecule has 0 fully saturated rings. The maximum absolute atomic E-state index is 12.8. The predicted octanol–water partition coefficient (Wildman–Crippen LogP) is 17.7. The first kappa shape index (κ1) is 59.1. The second-order valence-corrected chi connectivity index (χ2v) is 17.1. The van der Waals surface area contributed by atoms with E-state index in [1.54, 1.807) is 0 Å². The normalized spacial score (nSPS) is 12.9. The molecule has 5 heteroatoms. The number of unbranched alkanes of at least 4 members (excludes halogenated alkanes) is 23. The molecule has 5 nitrogen and oxygen atoms in total. The fourth-order valence-corrected chi connectivity index (χ4v) is 7.09. The number of hydrogen-bond donors (Lipinski definition) is 0. The molecule has 0 aliphatic heterocycles. The van der Waals surface area contributed by atoms with Crippen molar-refractivity contribution >= 4 is 11.9 Å². The molecule has 0 radical (unpaired) electrons. The molecule has 0 aromatic rings. The Balaban J connectivity index is 4.36. The Morgan fingerprint density at radius 2 is 0.806 bits per heavy atom. The van der Waals surface area contributed by atoms with Crippen LogP contribution in [0.3, 0.4) is 0 Å². The van der Waals surface area contributed by atoms with Crippen LogP contribution in [0.1, 0.15) is 239 Å². The molecule has 0 aliphatic carbocycles. The van der Waals surface area contributed by atoms with Gasteiger partial charge in [0, 0.05) is 13.0 Å². The Kier molecular flexibility index (Phi) is 50.0. The zero-order valence-corrected chi connectivity index (χ0v) is 40.9. The number of rotatable bonds is 47. The molecule has 0 amide bonds. The molecule has 1 atom stereocenters. The first-order chi connectivity index (χ1) is 30.6. The zero-order chi connectivity index (χ0) is 44.9. The van der Waals surface area contributed by atoms with Gasteiger partial charge in [-0.25, -0.2) is 0 Å². The van der Waals surface area contributed by atoms with Crippen LogP contribution >= 0.6 is 0 Å². The van der Waals surface area contributed by atoms with E-state index in [1.807, 2.05) is 12.2 Å². The largest absolute Gasteiger partial charge is 0.461 e. The lowest BCUT2D eigenvalue weighted by Crippen LogP contribution is -2.30. The highest BCUT2D eigenvalue weighted by Gasteiger charge is 2.17. The zero-order valence-electron chi connectivity index (χ0n) is 40.9. The fourth-order valence-electron chi connectivity index (χ4n) is 7.09. The topological polar surface area (TPSA) is 61.8 Å². The van der Waals surface area contributed by atoms with Gasteiger partial charge in [-0.1, -0.05) is 241 Å². The van der Waals surface area contributed by atoms with Crippen molar-refractivity contribution in [3.8, 4) is 0 Å². The van der Waals surface area contributed by atoms with Crippen LogP contribution in [-0.2, 0) is 23.8 Å². The highest BCUT2D eigenvalue weighted by Crippen LogP contribution is 2.15. The van der Waals surface area contributed by atoms with Crippen molar-refractivity contribution in [1.29, 1.82) is 0 Å². The molecule has 0 saturated heterocycles. The Hall–Kier alpha value is -2.92. The molecule has 356 valence electrons. The third-order valence-electron chi connectivity index (χ3n) is 10.9. The summed E-state index contributed by atoms with van der Waals surface area (Å²) in [6.45, 7) is 7.55. The molecule has 0 rings (SSSR count). The average Bonchev–Trinajstić information content (AvgIpc) is 3.27. The third-order valence-corrected chi connectivity index (χ3v) is 10.9. The quantitative estimate of drug-likeness (QED) is 0.0346. The summed E-state index contributed by atoms with van der Waals surface area (Å²) < 4.78 is 17.3. The molecule has 1 unspecified atom stereocenters. The molecule has 0 aromatic carbocycles. The highest BCUT2D eigenvalue weighted by molar-refractivity contribution is 5.71. The van der Waals surface area contributed by atoms with Crippen molar-refractivity contribution in [2.45, 2.75) is 245 Å². The van der Waals surface area contributed by atoms with E-state index >= 15 is 0 Å². The van der Waals surface area contributed by atoms with Crippen LogP contribution in [0.4, 0.5) is 0 Å². The van der Waals surface area contributed by atoms with E-state index in [0.717, 1.165) is 83.5 Å². The van der Waals surface area contributed by atoms with E-state index in [2.05, 4.69) is 93.7 Å². The lowest BCUT2D eigenvalue weighted by Gasteiger charge is -2.18. The van der Waals surface area contributed by atoms with E-state index in [-0.39, 0.29) is 31.6 Å². The van der Waals surface area contributed by atoms with Crippen molar-refractivity contribution < 1.29 is 23.8 Å². The van der Waals surface area contributed by atoms with Crippen molar-refractivity contribution in [1.82, 2.24) is 0 Å². The molecule has 62 heavy (non-hydrogen) atoms. The molecule has 0 N–H and O–H groups in total. The number of ether oxygens (including phenoxy) is 3. The van der Waals surface area contributed by atoms with Crippen LogP contribution < -0.4 is 0 Å². The standard InChI is InChI=1S/C57H98O5/c1-4-7-10-13-16-19-22-25-27-28-29-31-34-37-40-43-46-49-52-60-53-55(62-57(59)51-48-45-42-39-36-32-24-21-18-15-12-9-6-3)54-61-56(58)50-47-44-41-38-35-33-30-26-23-20-17-14-11-8-5-2/h8,11-12,15,17,20-21,24,26,30,35,38,44,47,55H,4-7,9-10,13-14,16,18-19,22-23,25,27-29,31-34,36-37,39-43,45-46,48-54H2,1-3H3/b11-8-,15-12-,20-17-,24-21-,30-26-,38-35-,47-44-. The summed E-state index contributed by atoms with van der Waals surface area (Å²) in [5, 5.41) is 0. The van der Waals surface area contributed by atoms with Crippen LogP contribution in [0.2, 0.25) is 0 Å². The van der Waals surface area contributed by atoms with Crippen LogP contribution in [0, 0.1) is 0 Å². The van der Waals surface area contributed by atoms with Gasteiger partial charge in [0.2, 0.25) is 0 Å². The molecule has 0 spiro atoms. The Labute approximate surface area is 384 Å². The number of carbonyl (C=O) groups is 2. The summed E-state index contributed by atoms with van der Waals surface area (Å²) in [6.07, 6.45) is 69.1. The van der Waals surface area contributed by atoms with Gasteiger partial charge < -0.3 is 14.2 Å². The van der Waals surface area contributed by atoms with Crippen LogP contribution in [0.15, 0.2) is 85.1 Å². The van der Waals surface area contributed by atoms with Gasteiger partial charge in [0.1, 0.15) is 6.61 Å². The van der Waals surface area contributed by atoms with Gasteiger partial charge in [-0.2, -0.15) is 0 Å². The SMILES string of the molecule is CC/C=C\C/C=C\C/C=C\C/C=C\C/C=C\CC(=O)OCC(COCCCCCCCCCCCCCCCCCCCC)OC(=O)CCCCCCC/C=C\C/C=C\CCC. The molecule has 0 aliphatic rings. The van der Waals surface area contributed by atoms with Gasteiger partial charge in [0.15, 0.2) is 6.10 Å². The first-order valence-electron chi connectivity index (χ1n) is 26.1. The summed E-state index contributed by atoms with van der Waals surface area (Å²) >= 11 is 0. The fraction of sp³-hybridized carbons (Fsp3) is 0.719. The van der Waals surface area contributed by atoms with E-state index in [1.165, 1.54) is 122 Å². The van der Waals surface area contributed by atoms with Crippen LogP contribution in [-0.4, -0.2) is 37.9 Å². The second kappa shape index (κ2) is 52.4. The minimum Gasteiger partial charge on any atom is -0.461 e. The number of carbonyl (C=O) groups excluding carboxylic acids is 2. The molecule has 0 bridgehead atoms. The summed E-state index contributed by atoms with van der Waals surface area (Å²) in [5.74, 6) is -0.557. The van der Waals surface area contributed by atoms with Crippen molar-refractivity contribution in [3.63, 3.8) is 0 Å². The maximum Gasteiger partial charge on any atom is 0.309 e. The minimum absolute atomic E-state index is 0.0241. The van der Waals surface area contributed by atoms with Crippen molar-refractivity contribution in [2.24, 2.45) is 0 Å². The Morgan fingerprint density at radius 1 is 0.387 bits per heavy atom. The van der Waals surface area contributed by atoms with Gasteiger partial charge in [-0.05, 0) is 70.6 Å². The van der Waals surface area contributed by atoms with Crippen LogP contribution in [0.25, 0.3) is 0 Å². The van der Waals surface area contributed by atoms with E-state index < -0.39 is 6.10 Å². The Morgan fingerprint density at radius 3 is 1.31 bits per heavy atom. The molecule has 0 heterocycles. The minimum atomic E-state index is -0.584. The number of esters is 2. The van der Waals surface area contributed by atoms with E-state index in [0.29, 0.717) is 13.0 Å². The summed E-state index contributed by atoms with van der Waals surface area (Å²) in [5.41, 5.74) is 0. The van der Waals surface area contributed by atoms with E-state index in [9.17, 15) is 9.59 Å². The predicted molar refractivity (Wildman–Crippen MR) is 270 cm³/mol. The van der Waals surface area contributed by atoms with Gasteiger partial charge in [-0.15, -0.1) is 0 Å². The van der Waals surface area contributed by atoms with Gasteiger partial charge >= 0.3 is 11.9 Å². The summed E-state index contributed by atoms with van der Waals surface area (Å²) in [6, 6.07) is 0. The lowest BCUT2D eigenvalue weighted by molar-refractivity contribution is -0.162.